The summed E-state index contributed by atoms with van der Waals surface area (Å²) in [6.07, 6.45) is 3.48. The monoisotopic (exact) mass is 505 g/mol. The Bertz CT molecular complexity index is 1420. The number of hydrogen-bond acceptors (Lipinski definition) is 11. The van der Waals surface area contributed by atoms with Gasteiger partial charge in [-0.25, -0.2) is 33.1 Å². The molecule has 1 aromatic carbocycles. The predicted molar refractivity (Wildman–Crippen MR) is 125 cm³/mol. The van der Waals surface area contributed by atoms with Gasteiger partial charge in [-0.2, -0.15) is 0 Å². The van der Waals surface area contributed by atoms with Gasteiger partial charge in [-0.3, -0.25) is 0 Å². The summed E-state index contributed by atoms with van der Waals surface area (Å²) in [6.45, 7) is 0.540. The lowest BCUT2D eigenvalue weighted by Crippen LogP contribution is -2.22. The zero-order valence-electron chi connectivity index (χ0n) is 17.4. The molecule has 172 valence electrons. The zero-order valence-corrected chi connectivity index (χ0v) is 19.8. The number of rotatable bonds is 8. The van der Waals surface area contributed by atoms with E-state index in [1.807, 2.05) is 22.1 Å². The number of anilines is 1. The van der Waals surface area contributed by atoms with Gasteiger partial charge in [0.2, 0.25) is 16.8 Å². The van der Waals surface area contributed by atoms with Crippen LogP contribution in [0.25, 0.3) is 21.7 Å². The van der Waals surface area contributed by atoms with Crippen molar-refractivity contribution in [2.75, 3.05) is 25.3 Å². The Kier molecular flexibility index (Phi) is 5.82. The maximum Gasteiger partial charge on any atom is 0.231 e. The number of hydrogen-bond donors (Lipinski definition) is 2. The van der Waals surface area contributed by atoms with E-state index in [9.17, 15) is 8.42 Å². The molecule has 1 aliphatic heterocycles. The molecular weight excluding hydrogens is 486 g/mol. The Morgan fingerprint density at radius 1 is 1.24 bits per heavy atom. The number of thiazole rings is 1. The van der Waals surface area contributed by atoms with Crippen molar-refractivity contribution in [1.82, 2.24) is 29.2 Å². The minimum Gasteiger partial charge on any atom is -0.454 e. The number of benzene rings is 1. The Labute approximate surface area is 197 Å². The van der Waals surface area contributed by atoms with Crippen LogP contribution < -0.4 is 19.9 Å². The molecule has 0 saturated heterocycles. The average molecular weight is 506 g/mol. The first-order valence-corrected chi connectivity index (χ1v) is 13.2. The van der Waals surface area contributed by atoms with Crippen LogP contribution in [0.2, 0.25) is 0 Å². The molecule has 1 aliphatic rings. The van der Waals surface area contributed by atoms with Gasteiger partial charge in [-0.1, -0.05) is 11.8 Å². The largest absolute Gasteiger partial charge is 0.454 e. The van der Waals surface area contributed by atoms with Gasteiger partial charge >= 0.3 is 0 Å². The maximum atomic E-state index is 11.9. The first-order chi connectivity index (χ1) is 15.9. The lowest BCUT2D eigenvalue weighted by molar-refractivity contribution is 0.174. The Hall–Kier alpha value is -2.94. The molecule has 3 aromatic heterocycles. The minimum atomic E-state index is -3.33. The lowest BCUT2D eigenvalue weighted by atomic mass is 10.2. The van der Waals surface area contributed by atoms with Gasteiger partial charge in [0, 0.05) is 28.6 Å². The first-order valence-electron chi connectivity index (χ1n) is 9.84. The Balaban J connectivity index is 1.56. The van der Waals surface area contributed by atoms with E-state index in [1.165, 1.54) is 36.5 Å². The summed E-state index contributed by atoms with van der Waals surface area (Å²) in [7, 11) is -1.93. The number of aromatic nitrogens is 5. The molecule has 14 heteroatoms. The molecule has 0 unspecified atom stereocenters. The van der Waals surface area contributed by atoms with Crippen LogP contribution in [0.15, 0.2) is 40.1 Å². The third kappa shape index (κ3) is 4.34. The van der Waals surface area contributed by atoms with Crippen LogP contribution in [-0.2, 0) is 16.6 Å². The summed E-state index contributed by atoms with van der Waals surface area (Å²) in [5.41, 5.74) is 7.94. The van der Waals surface area contributed by atoms with Crippen LogP contribution >= 0.6 is 23.1 Å². The molecule has 0 fully saturated rings. The normalized spacial score (nSPS) is 13.1. The van der Waals surface area contributed by atoms with E-state index in [4.69, 9.17) is 15.2 Å². The molecule has 0 amide bonds. The molecule has 0 radical (unpaired) electrons. The van der Waals surface area contributed by atoms with Gasteiger partial charge in [0.25, 0.3) is 0 Å². The number of sulfonamides is 1. The van der Waals surface area contributed by atoms with E-state index in [1.54, 1.807) is 6.20 Å². The number of aryl methyl sites for hydroxylation is 1. The number of nitrogens with zero attached hydrogens (tertiary/aromatic N) is 5. The van der Waals surface area contributed by atoms with Gasteiger partial charge < -0.3 is 19.8 Å². The minimum absolute atomic E-state index is 0.0256. The van der Waals surface area contributed by atoms with Crippen molar-refractivity contribution in [1.29, 1.82) is 0 Å². The van der Waals surface area contributed by atoms with E-state index in [0.717, 1.165) is 15.5 Å². The molecular formula is C19H19N7O4S3. The highest BCUT2D eigenvalue weighted by atomic mass is 32.2. The number of fused-ring (bicyclic) bond motifs is 2. The van der Waals surface area contributed by atoms with Crippen molar-refractivity contribution < 1.29 is 17.9 Å². The maximum absolute atomic E-state index is 11.9. The van der Waals surface area contributed by atoms with Crippen molar-refractivity contribution in [2.45, 2.75) is 23.0 Å². The number of imidazole rings is 1. The quantitative estimate of drug-likeness (QED) is 0.366. The lowest BCUT2D eigenvalue weighted by Gasteiger charge is -2.11. The standard InChI is InChI=1S/C19H19N7O4S3/c1-21-33(27,28)6-2-4-26-17-15(16(20)23-9-24-17)25-19(26)32-14-8-13-12(29-10-30-13)7-11(14)18-22-3-5-31-18/h3,5,7-9,21H,2,4,6,10H2,1H3,(H2,20,23,24). The fourth-order valence-corrected chi connectivity index (χ4v) is 5.86. The van der Waals surface area contributed by atoms with Gasteiger partial charge in [0.05, 0.1) is 5.75 Å². The molecule has 11 nitrogen and oxygen atoms in total. The fraction of sp³-hybridized carbons (Fsp3) is 0.263. The molecule has 0 bridgehead atoms. The molecule has 0 spiro atoms. The van der Waals surface area contributed by atoms with Gasteiger partial charge in [-0.15, -0.1) is 11.3 Å². The van der Waals surface area contributed by atoms with Crippen LogP contribution in [-0.4, -0.2) is 52.5 Å². The molecule has 4 aromatic rings. The van der Waals surface area contributed by atoms with Crippen molar-refractivity contribution in [2.24, 2.45) is 0 Å². The summed E-state index contributed by atoms with van der Waals surface area (Å²) < 4.78 is 39.1. The summed E-state index contributed by atoms with van der Waals surface area (Å²) in [5.74, 6) is 1.53. The van der Waals surface area contributed by atoms with Crippen LogP contribution in [0, 0.1) is 0 Å². The summed E-state index contributed by atoms with van der Waals surface area (Å²) in [5, 5.41) is 3.34. The highest BCUT2D eigenvalue weighted by molar-refractivity contribution is 7.99. The smallest absolute Gasteiger partial charge is 0.231 e. The number of nitrogen functional groups attached to an aromatic ring is 1. The van der Waals surface area contributed by atoms with E-state index >= 15 is 0 Å². The molecule has 0 aliphatic carbocycles. The third-order valence-corrected chi connectivity index (χ3v) is 8.28. The van der Waals surface area contributed by atoms with E-state index < -0.39 is 10.0 Å². The van der Waals surface area contributed by atoms with Gasteiger partial charge in [0.15, 0.2) is 33.6 Å². The van der Waals surface area contributed by atoms with Crippen LogP contribution in [0.1, 0.15) is 6.42 Å². The Morgan fingerprint density at radius 2 is 2.06 bits per heavy atom. The fourth-order valence-electron chi connectivity index (χ4n) is 3.36. The first kappa shape index (κ1) is 21.9. The topological polar surface area (TPSA) is 147 Å². The highest BCUT2D eigenvalue weighted by Crippen LogP contribution is 2.45. The van der Waals surface area contributed by atoms with Crippen molar-refractivity contribution in [3.05, 3.63) is 30.0 Å². The third-order valence-electron chi connectivity index (χ3n) is 4.97. The van der Waals surface area contributed by atoms with Crippen molar-refractivity contribution >= 4 is 50.1 Å². The molecule has 0 saturated carbocycles. The number of ether oxygens (including phenoxy) is 2. The van der Waals surface area contributed by atoms with Gasteiger partial charge in [0.1, 0.15) is 11.3 Å². The predicted octanol–water partition coefficient (Wildman–Crippen LogP) is 2.35. The second-order valence-corrected chi connectivity index (χ2v) is 10.9. The van der Waals surface area contributed by atoms with Crippen molar-refractivity contribution in [3.63, 3.8) is 0 Å². The van der Waals surface area contributed by atoms with Crippen LogP contribution in [0.5, 0.6) is 11.5 Å². The van der Waals surface area contributed by atoms with Crippen molar-refractivity contribution in [3.8, 4) is 22.1 Å². The van der Waals surface area contributed by atoms with Gasteiger partial charge in [-0.05, 0) is 25.6 Å². The number of nitrogens with one attached hydrogen (secondary N) is 1. The summed E-state index contributed by atoms with van der Waals surface area (Å²) >= 11 is 2.91. The molecule has 4 heterocycles. The van der Waals surface area contributed by atoms with Crippen LogP contribution in [0.4, 0.5) is 5.82 Å². The average Bonchev–Trinajstić information content (AvgIpc) is 3.54. The van der Waals surface area contributed by atoms with E-state index in [-0.39, 0.29) is 18.4 Å². The molecule has 33 heavy (non-hydrogen) atoms. The van der Waals surface area contributed by atoms with E-state index in [0.29, 0.717) is 40.8 Å². The Morgan fingerprint density at radius 3 is 2.82 bits per heavy atom. The summed E-state index contributed by atoms with van der Waals surface area (Å²) in [4.78, 5) is 18.4. The summed E-state index contributed by atoms with van der Waals surface area (Å²) in [6, 6.07) is 3.80. The van der Waals surface area contributed by atoms with Crippen LogP contribution in [0.3, 0.4) is 0 Å². The SMILES string of the molecule is CNS(=O)(=O)CCCn1c(Sc2cc3c(cc2-c2nccs2)OCO3)nc2c(N)ncnc21. The highest BCUT2D eigenvalue weighted by Gasteiger charge is 2.23. The number of nitrogens with two attached hydrogens (primary N) is 1. The molecule has 0 atom stereocenters. The zero-order chi connectivity index (χ0) is 23.0. The van der Waals surface area contributed by atoms with E-state index in [2.05, 4.69) is 24.7 Å². The molecule has 3 N–H and O–H groups in total. The molecule has 5 rings (SSSR count). The second-order valence-electron chi connectivity index (χ2n) is 6.99. The second kappa shape index (κ2) is 8.78.